The Kier molecular flexibility index (Phi) is 4.50. The van der Waals surface area contributed by atoms with Crippen molar-refractivity contribution in [3.05, 3.63) is 56.7 Å². The van der Waals surface area contributed by atoms with Crippen LogP contribution in [0.2, 0.25) is 0 Å². The average Bonchev–Trinajstić information content (AvgIpc) is 2.89. The third-order valence-electron chi connectivity index (χ3n) is 4.35. The van der Waals surface area contributed by atoms with Crippen molar-refractivity contribution in [2.45, 2.75) is 32.0 Å². The molecule has 2 nitrogen and oxygen atoms in total. The largest absolute Gasteiger partial charge is 0.311 e. The molecule has 112 valence electrons. The summed E-state index contributed by atoms with van der Waals surface area (Å²) in [6.45, 7) is 7.69. The van der Waals surface area contributed by atoms with Gasteiger partial charge in [-0.25, -0.2) is 0 Å². The molecule has 1 saturated heterocycles. The van der Waals surface area contributed by atoms with E-state index < -0.39 is 0 Å². The van der Waals surface area contributed by atoms with Crippen LogP contribution in [0.5, 0.6) is 0 Å². The standard InChI is InChI=1S/C17H21BrN2S/c1-13-9-20(10-16-8-15(18)11-21-16)17(2,12-19-13)14-6-4-3-5-7-14/h3-8,11,13,19H,9-10,12H2,1-2H3. The van der Waals surface area contributed by atoms with Gasteiger partial charge >= 0.3 is 0 Å². The summed E-state index contributed by atoms with van der Waals surface area (Å²) in [7, 11) is 0. The van der Waals surface area contributed by atoms with Crippen LogP contribution >= 0.6 is 27.3 Å². The Bertz CT molecular complexity index is 598. The van der Waals surface area contributed by atoms with E-state index in [1.54, 1.807) is 0 Å². The van der Waals surface area contributed by atoms with Gasteiger partial charge in [-0.1, -0.05) is 30.3 Å². The topological polar surface area (TPSA) is 15.3 Å². The lowest BCUT2D eigenvalue weighted by molar-refractivity contribution is 0.0468. The minimum atomic E-state index is 0.0459. The number of thiophene rings is 1. The Hall–Kier alpha value is -0.680. The molecule has 2 heterocycles. The van der Waals surface area contributed by atoms with Crippen LogP contribution in [0.4, 0.5) is 0 Å². The summed E-state index contributed by atoms with van der Waals surface area (Å²) in [5.41, 5.74) is 1.43. The van der Waals surface area contributed by atoms with Gasteiger partial charge in [0.15, 0.2) is 0 Å². The molecule has 0 spiro atoms. The van der Waals surface area contributed by atoms with Gasteiger partial charge in [-0.2, -0.15) is 0 Å². The SMILES string of the molecule is CC1CN(Cc2cc(Br)cs2)C(C)(c2ccccc2)CN1. The molecule has 0 saturated carbocycles. The van der Waals surface area contributed by atoms with E-state index in [4.69, 9.17) is 0 Å². The lowest BCUT2D eigenvalue weighted by Gasteiger charge is -2.47. The van der Waals surface area contributed by atoms with Gasteiger partial charge in [-0.15, -0.1) is 11.3 Å². The van der Waals surface area contributed by atoms with E-state index in [2.05, 4.69) is 81.8 Å². The molecule has 1 aliphatic heterocycles. The van der Waals surface area contributed by atoms with Crippen LogP contribution in [0.25, 0.3) is 0 Å². The first-order chi connectivity index (χ1) is 10.1. The van der Waals surface area contributed by atoms with Gasteiger partial charge in [-0.3, -0.25) is 4.90 Å². The van der Waals surface area contributed by atoms with Crippen molar-refractivity contribution in [2.24, 2.45) is 0 Å². The fourth-order valence-electron chi connectivity index (χ4n) is 3.03. The van der Waals surface area contributed by atoms with Crippen molar-refractivity contribution >= 4 is 27.3 Å². The predicted molar refractivity (Wildman–Crippen MR) is 93.7 cm³/mol. The van der Waals surface area contributed by atoms with Gasteiger partial charge in [0, 0.05) is 40.4 Å². The minimum absolute atomic E-state index is 0.0459. The fraction of sp³-hybridized carbons (Fsp3) is 0.412. The van der Waals surface area contributed by atoms with Crippen LogP contribution in [0.1, 0.15) is 24.3 Å². The first-order valence-corrected chi connectivity index (χ1v) is 9.02. The normalized spacial score (nSPS) is 26.9. The van der Waals surface area contributed by atoms with Crippen LogP contribution < -0.4 is 5.32 Å². The molecular weight excluding hydrogens is 344 g/mol. The molecule has 0 aliphatic carbocycles. The highest BCUT2D eigenvalue weighted by molar-refractivity contribution is 9.10. The number of hydrogen-bond acceptors (Lipinski definition) is 3. The maximum absolute atomic E-state index is 3.64. The Morgan fingerprint density at radius 3 is 2.81 bits per heavy atom. The molecular formula is C17H21BrN2S. The van der Waals surface area contributed by atoms with Gasteiger partial charge < -0.3 is 5.32 Å². The third-order valence-corrected chi connectivity index (χ3v) is 6.03. The highest BCUT2D eigenvalue weighted by atomic mass is 79.9. The lowest BCUT2D eigenvalue weighted by atomic mass is 9.87. The fourth-order valence-corrected chi connectivity index (χ4v) is 4.49. The maximum Gasteiger partial charge on any atom is 0.0561 e. The summed E-state index contributed by atoms with van der Waals surface area (Å²) in [5, 5.41) is 5.81. The molecule has 1 N–H and O–H groups in total. The van der Waals surface area contributed by atoms with Gasteiger partial charge in [-0.05, 0) is 41.4 Å². The number of benzene rings is 1. The number of nitrogens with zero attached hydrogens (tertiary/aromatic N) is 1. The number of halogens is 1. The second-order valence-corrected chi connectivity index (χ2v) is 7.95. The molecule has 3 rings (SSSR count). The quantitative estimate of drug-likeness (QED) is 0.876. The minimum Gasteiger partial charge on any atom is -0.311 e. The van der Waals surface area contributed by atoms with E-state index in [1.165, 1.54) is 14.9 Å². The Morgan fingerprint density at radius 1 is 1.38 bits per heavy atom. The van der Waals surface area contributed by atoms with Crippen LogP contribution in [0, 0.1) is 0 Å². The van der Waals surface area contributed by atoms with Crippen LogP contribution in [0.15, 0.2) is 46.3 Å². The Balaban J connectivity index is 1.89. The second-order valence-electron chi connectivity index (χ2n) is 6.03. The van der Waals surface area contributed by atoms with E-state index in [-0.39, 0.29) is 5.54 Å². The number of rotatable bonds is 3. The predicted octanol–water partition coefficient (Wildman–Crippen LogP) is 4.22. The first kappa shape index (κ1) is 15.2. The maximum atomic E-state index is 3.64. The van der Waals surface area contributed by atoms with E-state index >= 15 is 0 Å². The zero-order valence-corrected chi connectivity index (χ0v) is 14.9. The molecule has 0 amide bonds. The monoisotopic (exact) mass is 364 g/mol. The van der Waals surface area contributed by atoms with E-state index in [0.717, 1.165) is 19.6 Å². The van der Waals surface area contributed by atoms with E-state index in [0.29, 0.717) is 6.04 Å². The molecule has 0 radical (unpaired) electrons. The molecule has 1 aromatic heterocycles. The lowest BCUT2D eigenvalue weighted by Crippen LogP contribution is -2.60. The Morgan fingerprint density at radius 2 is 2.14 bits per heavy atom. The summed E-state index contributed by atoms with van der Waals surface area (Å²) in [4.78, 5) is 4.03. The van der Waals surface area contributed by atoms with Gasteiger partial charge in [0.05, 0.1) is 5.54 Å². The highest BCUT2D eigenvalue weighted by Gasteiger charge is 2.38. The molecule has 2 atom stereocenters. The van der Waals surface area contributed by atoms with Crippen LogP contribution in [-0.4, -0.2) is 24.0 Å². The number of nitrogens with one attached hydrogen (secondary N) is 1. The molecule has 0 bridgehead atoms. The first-order valence-electron chi connectivity index (χ1n) is 7.35. The summed E-state index contributed by atoms with van der Waals surface area (Å²) in [6, 6.07) is 13.6. The molecule has 2 aromatic rings. The van der Waals surface area contributed by atoms with Crippen LogP contribution in [0.3, 0.4) is 0 Å². The molecule has 1 fully saturated rings. The van der Waals surface area contributed by atoms with Crippen molar-refractivity contribution in [2.75, 3.05) is 13.1 Å². The summed E-state index contributed by atoms with van der Waals surface area (Å²) >= 11 is 5.39. The van der Waals surface area contributed by atoms with E-state index in [1.807, 2.05) is 11.3 Å². The van der Waals surface area contributed by atoms with Crippen molar-refractivity contribution in [3.8, 4) is 0 Å². The van der Waals surface area contributed by atoms with Crippen molar-refractivity contribution in [3.63, 3.8) is 0 Å². The van der Waals surface area contributed by atoms with Gasteiger partial charge in [0.2, 0.25) is 0 Å². The summed E-state index contributed by atoms with van der Waals surface area (Å²) in [6.07, 6.45) is 0. The molecule has 4 heteroatoms. The van der Waals surface area contributed by atoms with Crippen molar-refractivity contribution in [1.82, 2.24) is 10.2 Å². The zero-order chi connectivity index (χ0) is 14.9. The molecule has 21 heavy (non-hydrogen) atoms. The Labute approximate surface area is 139 Å². The zero-order valence-electron chi connectivity index (χ0n) is 12.5. The number of hydrogen-bond donors (Lipinski definition) is 1. The highest BCUT2D eigenvalue weighted by Crippen LogP contribution is 2.33. The second kappa shape index (κ2) is 6.21. The third kappa shape index (κ3) is 3.24. The van der Waals surface area contributed by atoms with Crippen LogP contribution in [-0.2, 0) is 12.1 Å². The summed E-state index contributed by atoms with van der Waals surface area (Å²) in [5.74, 6) is 0. The summed E-state index contributed by atoms with van der Waals surface area (Å²) < 4.78 is 1.19. The smallest absolute Gasteiger partial charge is 0.0561 e. The van der Waals surface area contributed by atoms with Crippen molar-refractivity contribution in [1.29, 1.82) is 0 Å². The molecule has 1 aliphatic rings. The number of piperazine rings is 1. The molecule has 2 unspecified atom stereocenters. The van der Waals surface area contributed by atoms with Gasteiger partial charge in [0.25, 0.3) is 0 Å². The molecule has 1 aromatic carbocycles. The van der Waals surface area contributed by atoms with Gasteiger partial charge in [0.1, 0.15) is 0 Å². The average molecular weight is 365 g/mol. The van der Waals surface area contributed by atoms with Crippen molar-refractivity contribution < 1.29 is 0 Å². The van der Waals surface area contributed by atoms with E-state index in [9.17, 15) is 0 Å².